The first kappa shape index (κ1) is 21.4. The molecule has 0 spiro atoms. The Morgan fingerprint density at radius 1 is 1.13 bits per heavy atom. The number of likely N-dealkylation sites (tertiary alicyclic amines) is 1. The van der Waals surface area contributed by atoms with Gasteiger partial charge in [-0.3, -0.25) is 0 Å². The van der Waals surface area contributed by atoms with Gasteiger partial charge in [0.2, 0.25) is 0 Å². The van der Waals surface area contributed by atoms with Gasteiger partial charge in [-0.1, -0.05) is 43.0 Å². The molecule has 0 N–H and O–H groups in total. The van der Waals surface area contributed by atoms with Gasteiger partial charge in [0.15, 0.2) is 0 Å². The second-order valence-electron chi connectivity index (χ2n) is 6.21. The van der Waals surface area contributed by atoms with Crippen molar-refractivity contribution in [2.24, 2.45) is 5.92 Å². The Labute approximate surface area is 161 Å². The van der Waals surface area contributed by atoms with Crippen LogP contribution in [0.4, 0.5) is 0 Å². The highest BCUT2D eigenvalue weighted by Crippen LogP contribution is 2.30. The van der Waals surface area contributed by atoms with Crippen LogP contribution < -0.4 is 0 Å². The van der Waals surface area contributed by atoms with E-state index in [9.17, 15) is 0 Å². The van der Waals surface area contributed by atoms with Gasteiger partial charge in [-0.05, 0) is 75.2 Å². The van der Waals surface area contributed by atoms with Crippen LogP contribution >= 0.6 is 47.4 Å². The summed E-state index contributed by atoms with van der Waals surface area (Å²) in [6.45, 7) is 6.17. The summed E-state index contributed by atoms with van der Waals surface area (Å²) >= 11 is 13.9. The van der Waals surface area contributed by atoms with Crippen molar-refractivity contribution >= 4 is 47.4 Å². The highest BCUT2D eigenvalue weighted by Gasteiger charge is 2.18. The first-order valence-corrected chi connectivity index (χ1v) is 10.2. The molecule has 0 unspecified atom stereocenters. The number of rotatable bonds is 8. The molecule has 1 fully saturated rings. The van der Waals surface area contributed by atoms with Crippen molar-refractivity contribution in [3.63, 3.8) is 0 Å². The maximum absolute atomic E-state index is 6.06. The lowest BCUT2D eigenvalue weighted by molar-refractivity contribution is 0.180. The van der Waals surface area contributed by atoms with E-state index in [1.807, 2.05) is 23.9 Å². The molecule has 5 heteroatoms. The highest BCUT2D eigenvalue weighted by molar-refractivity contribution is 7.99. The monoisotopic (exact) mass is 395 g/mol. The van der Waals surface area contributed by atoms with Gasteiger partial charge in [0.25, 0.3) is 0 Å². The van der Waals surface area contributed by atoms with Gasteiger partial charge in [-0.25, -0.2) is 0 Å². The lowest BCUT2D eigenvalue weighted by Gasteiger charge is -2.31. The second-order valence-corrected chi connectivity index (χ2v) is 8.19. The number of unbranched alkanes of at least 4 members (excludes halogenated alkanes) is 2. The van der Waals surface area contributed by atoms with Crippen molar-refractivity contribution in [3.05, 3.63) is 28.2 Å². The Bertz CT molecular complexity index is 448. The van der Waals surface area contributed by atoms with Crippen LogP contribution in [0.15, 0.2) is 23.1 Å². The molecule has 1 nitrogen and oxygen atoms in total. The third kappa shape index (κ3) is 7.88. The Balaban J connectivity index is 0.00000264. The summed E-state index contributed by atoms with van der Waals surface area (Å²) in [6.07, 6.45) is 8.12. The molecule has 1 aliphatic rings. The topological polar surface area (TPSA) is 3.24 Å². The van der Waals surface area contributed by atoms with E-state index < -0.39 is 0 Å². The molecule has 0 saturated carbocycles. The van der Waals surface area contributed by atoms with Crippen molar-refractivity contribution in [1.29, 1.82) is 0 Å². The molecule has 2 rings (SSSR count). The number of halogens is 3. The van der Waals surface area contributed by atoms with Gasteiger partial charge in [0.05, 0.1) is 10.0 Å². The molecule has 0 bridgehead atoms. The zero-order valence-corrected chi connectivity index (χ0v) is 17.0. The number of benzene rings is 1. The number of hydrogen-bond acceptors (Lipinski definition) is 2. The van der Waals surface area contributed by atoms with Crippen molar-refractivity contribution < 1.29 is 0 Å². The third-order valence-electron chi connectivity index (χ3n) is 4.47. The fraction of sp³-hybridized carbons (Fsp3) is 0.667. The summed E-state index contributed by atoms with van der Waals surface area (Å²) in [7, 11) is 0. The van der Waals surface area contributed by atoms with Crippen molar-refractivity contribution in [3.8, 4) is 0 Å². The summed E-state index contributed by atoms with van der Waals surface area (Å²) < 4.78 is 0. The summed E-state index contributed by atoms with van der Waals surface area (Å²) in [5, 5.41) is 1.30. The molecule has 1 aromatic rings. The highest BCUT2D eigenvalue weighted by atomic mass is 35.5. The van der Waals surface area contributed by atoms with Crippen LogP contribution in [0.5, 0.6) is 0 Å². The molecule has 132 valence electrons. The molecular formula is C18H28Cl3NS. The molecule has 0 atom stereocenters. The van der Waals surface area contributed by atoms with Crippen LogP contribution in [0.3, 0.4) is 0 Å². The minimum atomic E-state index is 0. The van der Waals surface area contributed by atoms with Crippen molar-refractivity contribution in [2.45, 2.75) is 50.3 Å². The zero-order chi connectivity index (χ0) is 15.8. The second kappa shape index (κ2) is 11.9. The fourth-order valence-corrected chi connectivity index (χ4v) is 4.41. The quantitative estimate of drug-likeness (QED) is 0.351. The molecule has 1 heterocycles. The number of thioether (sulfide) groups is 1. The van der Waals surface area contributed by atoms with Crippen LogP contribution in [0.1, 0.15) is 45.4 Å². The largest absolute Gasteiger partial charge is 0.303 e. The average Bonchev–Trinajstić information content (AvgIpc) is 2.53. The lowest BCUT2D eigenvalue weighted by Crippen LogP contribution is -2.34. The van der Waals surface area contributed by atoms with E-state index in [1.54, 1.807) is 0 Å². The van der Waals surface area contributed by atoms with Gasteiger partial charge in [-0.15, -0.1) is 24.2 Å². The molecule has 1 saturated heterocycles. The van der Waals surface area contributed by atoms with E-state index in [4.69, 9.17) is 23.2 Å². The van der Waals surface area contributed by atoms with Crippen LogP contribution in [-0.2, 0) is 0 Å². The fourth-order valence-electron chi connectivity index (χ4n) is 2.99. The standard InChI is InChI=1S/C18H27Cl2NS.ClH/c1-2-3-4-10-21-11-7-15(8-12-21)9-13-22-16-5-6-17(19)18(20)14-16;/h5-6,14-15H,2-4,7-13H2,1H3;1H. The molecule has 0 aliphatic carbocycles. The van der Waals surface area contributed by atoms with Crippen LogP contribution in [0.2, 0.25) is 10.0 Å². The molecule has 0 radical (unpaired) electrons. The predicted octanol–water partition coefficient (Wildman–Crippen LogP) is 6.80. The Kier molecular flexibility index (Phi) is 11.1. The van der Waals surface area contributed by atoms with Crippen LogP contribution in [0.25, 0.3) is 0 Å². The van der Waals surface area contributed by atoms with E-state index in [1.165, 1.54) is 68.8 Å². The van der Waals surface area contributed by atoms with Gasteiger partial charge < -0.3 is 4.90 Å². The number of piperidine rings is 1. The molecular weight excluding hydrogens is 369 g/mol. The van der Waals surface area contributed by atoms with Crippen LogP contribution in [-0.4, -0.2) is 30.3 Å². The van der Waals surface area contributed by atoms with Crippen LogP contribution in [0, 0.1) is 5.92 Å². The minimum Gasteiger partial charge on any atom is -0.303 e. The van der Waals surface area contributed by atoms with Gasteiger partial charge in [0.1, 0.15) is 0 Å². The smallest absolute Gasteiger partial charge is 0.0603 e. The van der Waals surface area contributed by atoms with E-state index in [-0.39, 0.29) is 12.4 Å². The van der Waals surface area contributed by atoms with E-state index in [0.717, 1.165) is 5.92 Å². The maximum atomic E-state index is 6.06. The molecule has 23 heavy (non-hydrogen) atoms. The Hall–Kier alpha value is 0.400. The minimum absolute atomic E-state index is 0. The first-order chi connectivity index (χ1) is 10.7. The Morgan fingerprint density at radius 2 is 1.87 bits per heavy atom. The predicted molar refractivity (Wildman–Crippen MR) is 108 cm³/mol. The van der Waals surface area contributed by atoms with Gasteiger partial charge >= 0.3 is 0 Å². The normalized spacial score (nSPS) is 16.3. The summed E-state index contributed by atoms with van der Waals surface area (Å²) in [5.74, 6) is 2.08. The van der Waals surface area contributed by atoms with Crippen molar-refractivity contribution in [2.75, 3.05) is 25.4 Å². The number of nitrogens with zero attached hydrogens (tertiary/aromatic N) is 1. The lowest BCUT2D eigenvalue weighted by atomic mass is 9.94. The average molecular weight is 397 g/mol. The SMILES string of the molecule is CCCCCN1CCC(CCSc2ccc(Cl)c(Cl)c2)CC1.Cl. The third-order valence-corrected chi connectivity index (χ3v) is 6.24. The number of hydrogen-bond donors (Lipinski definition) is 0. The molecule has 1 aromatic carbocycles. The van der Waals surface area contributed by atoms with E-state index in [2.05, 4.69) is 17.9 Å². The maximum Gasteiger partial charge on any atom is 0.0603 e. The molecule has 1 aliphatic heterocycles. The van der Waals surface area contributed by atoms with E-state index >= 15 is 0 Å². The Morgan fingerprint density at radius 3 is 2.52 bits per heavy atom. The zero-order valence-electron chi connectivity index (χ0n) is 13.9. The molecule has 0 amide bonds. The summed E-state index contributed by atoms with van der Waals surface area (Å²) in [4.78, 5) is 3.88. The first-order valence-electron chi connectivity index (χ1n) is 8.49. The van der Waals surface area contributed by atoms with E-state index in [0.29, 0.717) is 10.0 Å². The van der Waals surface area contributed by atoms with Gasteiger partial charge in [-0.2, -0.15) is 0 Å². The summed E-state index contributed by atoms with van der Waals surface area (Å²) in [6, 6.07) is 5.93. The van der Waals surface area contributed by atoms with Gasteiger partial charge in [0, 0.05) is 4.90 Å². The molecule has 0 aromatic heterocycles. The van der Waals surface area contributed by atoms with Crippen molar-refractivity contribution in [1.82, 2.24) is 4.90 Å². The summed E-state index contributed by atoms with van der Waals surface area (Å²) in [5.41, 5.74) is 0.